The van der Waals surface area contributed by atoms with E-state index in [2.05, 4.69) is 41.0 Å². The number of anilines is 3. The molecule has 0 aliphatic carbocycles. The van der Waals surface area contributed by atoms with Crippen LogP contribution in [0.15, 0.2) is 65.2 Å². The van der Waals surface area contributed by atoms with Crippen molar-refractivity contribution in [2.45, 2.75) is 46.6 Å². The van der Waals surface area contributed by atoms with Crippen LogP contribution in [0.2, 0.25) is 0 Å². The minimum atomic E-state index is -0.344. The molecule has 1 aliphatic heterocycles. The number of H-pyrrole nitrogens is 2. The molecule has 0 spiro atoms. The number of amides is 2. The molecule has 4 heterocycles. The number of ether oxygens (including phenoxy) is 1. The number of carbonyl (C=O) groups excluding carboxylic acids is 2. The molecular formula is C37H38ClN5O4. The van der Waals surface area contributed by atoms with Gasteiger partial charge in [-0.15, -0.1) is 11.6 Å². The SMILES string of the molecule is CCN(CC)c1ccc2cc(C(=O)Nc3ccc4[nH]c(C(=O)N5C[C@@H](CCl)c6c5cc(OC(C)C)c5[nH]cc(C)c65)cc4c3)oc2c1. The number of halogens is 1. The summed E-state index contributed by atoms with van der Waals surface area (Å²) < 4.78 is 12.1. The fourth-order valence-electron chi connectivity index (χ4n) is 6.76. The number of carbonyl (C=O) groups is 2. The molecule has 0 radical (unpaired) electrons. The maximum atomic E-state index is 14.1. The molecule has 10 heteroatoms. The Hall–Kier alpha value is -4.89. The van der Waals surface area contributed by atoms with Crippen LogP contribution in [0.4, 0.5) is 17.1 Å². The standard InChI is InChI=1S/C37H38ClN5O4/c1-6-42(7-2)26-10-8-22-14-32(47-30(22)15-26)36(44)40-25-9-11-27-23(12-25)13-28(41-27)37(45)43-19-24(17-38)34-29(43)16-31(46-20(3)4)35-33(34)21(5)18-39-35/h8-16,18,20,24,39,41H,6-7,17,19H2,1-5H3,(H,40,44)/t24-/m1/s1. The molecule has 3 aromatic heterocycles. The van der Waals surface area contributed by atoms with Gasteiger partial charge in [0.1, 0.15) is 17.0 Å². The number of hydrogen-bond donors (Lipinski definition) is 3. The van der Waals surface area contributed by atoms with Crippen molar-refractivity contribution >= 4 is 73.3 Å². The molecule has 1 aliphatic rings. The summed E-state index contributed by atoms with van der Waals surface area (Å²) in [4.78, 5) is 38.0. The number of nitrogens with one attached hydrogen (secondary N) is 3. The van der Waals surface area contributed by atoms with Crippen LogP contribution in [-0.4, -0.2) is 53.4 Å². The predicted octanol–water partition coefficient (Wildman–Crippen LogP) is 8.57. The van der Waals surface area contributed by atoms with Crippen LogP contribution >= 0.6 is 11.6 Å². The number of rotatable bonds is 9. The smallest absolute Gasteiger partial charge is 0.291 e. The maximum absolute atomic E-state index is 14.1. The highest BCUT2D eigenvalue weighted by atomic mass is 35.5. The van der Waals surface area contributed by atoms with Crippen molar-refractivity contribution < 1.29 is 18.7 Å². The third-order valence-corrected chi connectivity index (χ3v) is 9.37. The van der Waals surface area contributed by atoms with Crippen molar-refractivity contribution in [1.82, 2.24) is 9.97 Å². The number of hydrogen-bond acceptors (Lipinski definition) is 5. The third-order valence-electron chi connectivity index (χ3n) is 9.00. The number of fused-ring (bicyclic) bond motifs is 5. The number of aryl methyl sites for hydroxylation is 1. The van der Waals surface area contributed by atoms with Gasteiger partial charge in [-0.3, -0.25) is 9.59 Å². The number of nitrogens with zero attached hydrogens (tertiary/aromatic N) is 2. The van der Waals surface area contributed by atoms with Gasteiger partial charge in [-0.05, 0) is 88.2 Å². The molecule has 1 atom stereocenters. The molecule has 6 aromatic rings. The topological polar surface area (TPSA) is 107 Å². The van der Waals surface area contributed by atoms with Gasteiger partial charge in [-0.25, -0.2) is 0 Å². The Balaban J connectivity index is 1.15. The van der Waals surface area contributed by atoms with E-state index in [-0.39, 0.29) is 29.6 Å². The fraction of sp³-hybridized carbons (Fsp3) is 0.297. The molecule has 242 valence electrons. The van der Waals surface area contributed by atoms with E-state index in [1.54, 1.807) is 11.0 Å². The first kappa shape index (κ1) is 30.7. The first-order valence-corrected chi connectivity index (χ1v) is 16.6. The second kappa shape index (κ2) is 12.0. The first-order chi connectivity index (χ1) is 22.7. The van der Waals surface area contributed by atoms with Crippen molar-refractivity contribution in [3.63, 3.8) is 0 Å². The zero-order chi connectivity index (χ0) is 33.0. The zero-order valence-corrected chi connectivity index (χ0v) is 27.9. The predicted molar refractivity (Wildman–Crippen MR) is 190 cm³/mol. The van der Waals surface area contributed by atoms with E-state index in [9.17, 15) is 9.59 Å². The summed E-state index contributed by atoms with van der Waals surface area (Å²) in [5.41, 5.74) is 7.44. The summed E-state index contributed by atoms with van der Waals surface area (Å²) in [5.74, 6) is 0.808. The molecule has 0 saturated carbocycles. The molecule has 7 rings (SSSR count). The lowest BCUT2D eigenvalue weighted by atomic mass is 9.96. The number of aromatic amines is 2. The molecule has 9 nitrogen and oxygen atoms in total. The summed E-state index contributed by atoms with van der Waals surface area (Å²) >= 11 is 6.49. The Kier molecular flexibility index (Phi) is 7.88. The summed E-state index contributed by atoms with van der Waals surface area (Å²) in [6.07, 6.45) is 1.94. The molecule has 3 aromatic carbocycles. The Morgan fingerprint density at radius 2 is 1.89 bits per heavy atom. The number of benzene rings is 3. The van der Waals surface area contributed by atoms with Crippen LogP contribution in [0.5, 0.6) is 5.75 Å². The monoisotopic (exact) mass is 651 g/mol. The summed E-state index contributed by atoms with van der Waals surface area (Å²) in [6, 6.07) is 17.0. The van der Waals surface area contributed by atoms with Crippen molar-refractivity contribution in [2.24, 2.45) is 0 Å². The maximum Gasteiger partial charge on any atom is 0.291 e. The van der Waals surface area contributed by atoms with Crippen molar-refractivity contribution in [1.29, 1.82) is 0 Å². The molecule has 2 amide bonds. The second-order valence-electron chi connectivity index (χ2n) is 12.4. The average Bonchev–Trinajstić information content (AvgIpc) is 3.84. The average molecular weight is 652 g/mol. The Morgan fingerprint density at radius 1 is 1.09 bits per heavy atom. The number of aromatic nitrogens is 2. The van der Waals surface area contributed by atoms with Crippen molar-refractivity contribution in [3.05, 3.63) is 83.4 Å². The Morgan fingerprint density at radius 3 is 2.64 bits per heavy atom. The zero-order valence-electron chi connectivity index (χ0n) is 27.2. The lowest BCUT2D eigenvalue weighted by molar-refractivity contribution is 0.0981. The van der Waals surface area contributed by atoms with Gasteiger partial charge in [-0.1, -0.05) is 0 Å². The number of alkyl halides is 1. The minimum absolute atomic E-state index is 0.0195. The largest absolute Gasteiger partial charge is 0.489 e. The van der Waals surface area contributed by atoms with E-state index in [0.717, 1.165) is 62.8 Å². The molecule has 0 saturated heterocycles. The third kappa shape index (κ3) is 5.38. The summed E-state index contributed by atoms with van der Waals surface area (Å²) in [6.45, 7) is 12.5. The molecule has 0 bridgehead atoms. The van der Waals surface area contributed by atoms with Gasteiger partial charge in [0.05, 0.1) is 17.3 Å². The molecule has 0 fully saturated rings. The minimum Gasteiger partial charge on any atom is -0.489 e. The highest BCUT2D eigenvalue weighted by molar-refractivity contribution is 6.19. The fourth-order valence-corrected chi connectivity index (χ4v) is 7.01. The molecule has 0 unspecified atom stereocenters. The van der Waals surface area contributed by atoms with Gasteiger partial charge in [-0.2, -0.15) is 0 Å². The van der Waals surface area contributed by atoms with Gasteiger partial charge >= 0.3 is 0 Å². The highest BCUT2D eigenvalue weighted by Gasteiger charge is 2.36. The quantitative estimate of drug-likeness (QED) is 0.136. The van der Waals surface area contributed by atoms with E-state index >= 15 is 0 Å². The number of furan rings is 1. The lowest BCUT2D eigenvalue weighted by Crippen LogP contribution is -2.30. The van der Waals surface area contributed by atoms with Crippen LogP contribution in [-0.2, 0) is 0 Å². The van der Waals surface area contributed by atoms with Crippen LogP contribution in [0.25, 0.3) is 32.8 Å². The summed E-state index contributed by atoms with van der Waals surface area (Å²) in [5, 5.41) is 5.67. The van der Waals surface area contributed by atoms with Crippen molar-refractivity contribution in [2.75, 3.05) is 40.6 Å². The van der Waals surface area contributed by atoms with Gasteiger partial charge in [0.2, 0.25) is 0 Å². The van der Waals surface area contributed by atoms with Gasteiger partial charge in [0.25, 0.3) is 11.8 Å². The Bertz CT molecular complexity index is 2150. The van der Waals surface area contributed by atoms with Crippen LogP contribution in [0.3, 0.4) is 0 Å². The highest BCUT2D eigenvalue weighted by Crippen LogP contribution is 2.47. The first-order valence-electron chi connectivity index (χ1n) is 16.1. The van der Waals surface area contributed by atoms with Crippen LogP contribution in [0, 0.1) is 6.92 Å². The summed E-state index contributed by atoms with van der Waals surface area (Å²) in [7, 11) is 0. The molecule has 3 N–H and O–H groups in total. The van der Waals surface area contributed by atoms with Crippen LogP contribution in [0.1, 0.15) is 65.8 Å². The lowest BCUT2D eigenvalue weighted by Gasteiger charge is -2.20. The van der Waals surface area contributed by atoms with Crippen LogP contribution < -0.4 is 19.9 Å². The van der Waals surface area contributed by atoms with Gasteiger partial charge < -0.3 is 34.2 Å². The molecular weight excluding hydrogens is 614 g/mol. The van der Waals surface area contributed by atoms with E-state index in [1.807, 2.05) is 68.6 Å². The van der Waals surface area contributed by atoms with E-state index < -0.39 is 0 Å². The van der Waals surface area contributed by atoms with Gasteiger partial charge in [0.15, 0.2) is 5.76 Å². The molecule has 47 heavy (non-hydrogen) atoms. The normalized spacial score (nSPS) is 14.4. The Labute approximate surface area is 277 Å². The van der Waals surface area contributed by atoms with E-state index in [0.29, 0.717) is 35.1 Å². The van der Waals surface area contributed by atoms with E-state index in [1.165, 1.54) is 0 Å². The second-order valence-corrected chi connectivity index (χ2v) is 12.7. The van der Waals surface area contributed by atoms with E-state index in [4.69, 9.17) is 20.8 Å². The van der Waals surface area contributed by atoms with Crippen molar-refractivity contribution in [3.8, 4) is 5.75 Å². The van der Waals surface area contributed by atoms with Gasteiger partial charge in [0, 0.05) is 82.8 Å².